The van der Waals surface area contributed by atoms with Gasteiger partial charge in [0.25, 0.3) is 0 Å². The molecule has 0 aliphatic rings. The molecule has 0 saturated carbocycles. The van der Waals surface area contributed by atoms with E-state index in [-0.39, 0.29) is 10.5 Å². The molecule has 10 heteroatoms. The number of benzene rings is 2. The summed E-state index contributed by atoms with van der Waals surface area (Å²) in [5.41, 5.74) is -4.40. The number of Topliss-reactive ketones (excluding diaryl/α,β-unsaturated/α-hetero) is 1. The molecule has 0 aromatic heterocycles. The second-order valence-corrected chi connectivity index (χ2v) is 8.57. The van der Waals surface area contributed by atoms with Crippen LogP contribution in [-0.4, -0.2) is 30.7 Å². The van der Waals surface area contributed by atoms with Gasteiger partial charge in [-0.05, 0) is 48.9 Å². The Morgan fingerprint density at radius 3 is 2.24 bits per heavy atom. The van der Waals surface area contributed by atoms with E-state index in [1.807, 2.05) is 0 Å². The van der Waals surface area contributed by atoms with Crippen molar-refractivity contribution in [3.8, 4) is 6.07 Å². The molecule has 29 heavy (non-hydrogen) atoms. The Hall–Kier alpha value is -2.77. The third-order valence-electron chi connectivity index (χ3n) is 4.12. The van der Waals surface area contributed by atoms with E-state index < -0.39 is 56.5 Å². The Bertz CT molecular complexity index is 1070. The molecule has 2 aromatic rings. The lowest BCUT2D eigenvalue weighted by Crippen LogP contribution is -2.43. The number of carbonyl (C=O) groups excluding carboxylic acids is 1. The van der Waals surface area contributed by atoms with Crippen LogP contribution < -0.4 is 0 Å². The summed E-state index contributed by atoms with van der Waals surface area (Å²) >= 11 is 0. The average molecular weight is 429 g/mol. The number of rotatable bonds is 6. The average Bonchev–Trinajstić information content (AvgIpc) is 2.60. The van der Waals surface area contributed by atoms with Gasteiger partial charge in [-0.3, -0.25) is 4.79 Å². The van der Waals surface area contributed by atoms with E-state index >= 15 is 0 Å². The summed E-state index contributed by atoms with van der Waals surface area (Å²) in [7, 11) is -4.17. The minimum atomic E-state index is -4.82. The second kappa shape index (κ2) is 7.93. The summed E-state index contributed by atoms with van der Waals surface area (Å²) in [6.45, 7) is 0.935. The molecule has 0 aliphatic carbocycles. The zero-order chi connectivity index (χ0) is 22.0. The molecule has 0 spiro atoms. The van der Waals surface area contributed by atoms with Crippen LogP contribution in [0.2, 0.25) is 0 Å². The maximum absolute atomic E-state index is 13.0. The van der Waals surface area contributed by atoms with E-state index in [0.717, 1.165) is 43.3 Å². The fourth-order valence-electron chi connectivity index (χ4n) is 2.58. The van der Waals surface area contributed by atoms with Crippen molar-refractivity contribution in [3.63, 3.8) is 0 Å². The van der Waals surface area contributed by atoms with Crippen molar-refractivity contribution in [1.29, 1.82) is 5.26 Å². The Labute approximate surface area is 164 Å². The molecule has 0 aliphatic heterocycles. The van der Waals surface area contributed by atoms with Crippen molar-refractivity contribution in [2.45, 2.75) is 30.0 Å². The van der Waals surface area contributed by atoms with Gasteiger partial charge in [-0.1, -0.05) is 6.07 Å². The number of sulfone groups is 1. The zero-order valence-electron chi connectivity index (χ0n) is 15.0. The van der Waals surface area contributed by atoms with E-state index in [2.05, 4.69) is 0 Å². The first-order valence-electron chi connectivity index (χ1n) is 8.10. The highest BCUT2D eigenvalue weighted by Crippen LogP contribution is 2.32. The summed E-state index contributed by atoms with van der Waals surface area (Å²) in [6.07, 6.45) is -5.50. The molecule has 0 saturated heterocycles. The van der Waals surface area contributed by atoms with E-state index in [4.69, 9.17) is 5.26 Å². The number of hydrogen-bond acceptors (Lipinski definition) is 5. The molecular weight excluding hydrogens is 414 g/mol. The van der Waals surface area contributed by atoms with Crippen molar-refractivity contribution < 1.29 is 35.9 Å². The fraction of sp³-hybridized carbons (Fsp3) is 0.263. The van der Waals surface area contributed by atoms with Gasteiger partial charge in [0.15, 0.2) is 15.6 Å². The molecule has 0 fully saturated rings. The van der Waals surface area contributed by atoms with Gasteiger partial charge >= 0.3 is 6.18 Å². The summed E-state index contributed by atoms with van der Waals surface area (Å²) < 4.78 is 76.8. The zero-order valence-corrected chi connectivity index (χ0v) is 15.8. The lowest BCUT2D eigenvalue weighted by Gasteiger charge is -2.22. The van der Waals surface area contributed by atoms with E-state index in [9.17, 15) is 35.9 Å². The van der Waals surface area contributed by atoms with Crippen LogP contribution in [0.1, 0.15) is 23.6 Å². The number of hydrogen-bond donors (Lipinski definition) is 1. The molecule has 1 N–H and O–H groups in total. The quantitative estimate of drug-likeness (QED) is 0.563. The van der Waals surface area contributed by atoms with Gasteiger partial charge in [0.1, 0.15) is 11.4 Å². The standard InChI is InChI=1S/C19H15F4NO4S/c1-18(26,11-29(27,28)15-6-4-14(20)5-7-15)17(25)9-12-2-3-13(10-24)16(8-12)19(21,22)23/h2-8,26H,9,11H2,1H3. The summed E-state index contributed by atoms with van der Waals surface area (Å²) in [5, 5.41) is 19.1. The van der Waals surface area contributed by atoms with Crippen LogP contribution in [-0.2, 0) is 27.2 Å². The first-order valence-corrected chi connectivity index (χ1v) is 9.76. The minimum Gasteiger partial charge on any atom is -0.381 e. The number of carbonyl (C=O) groups is 1. The van der Waals surface area contributed by atoms with Crippen LogP contribution in [0, 0.1) is 17.1 Å². The minimum absolute atomic E-state index is 0.138. The molecule has 154 valence electrons. The molecule has 1 unspecified atom stereocenters. The topological polar surface area (TPSA) is 95.2 Å². The van der Waals surface area contributed by atoms with Gasteiger partial charge in [-0.15, -0.1) is 0 Å². The Morgan fingerprint density at radius 1 is 1.14 bits per heavy atom. The number of nitrogens with zero attached hydrogens (tertiary/aromatic N) is 1. The maximum atomic E-state index is 13.0. The number of alkyl halides is 3. The van der Waals surface area contributed by atoms with E-state index in [0.29, 0.717) is 6.07 Å². The SMILES string of the molecule is CC(O)(CS(=O)(=O)c1ccc(F)cc1)C(=O)Cc1ccc(C#N)c(C(F)(F)F)c1. The monoisotopic (exact) mass is 429 g/mol. The maximum Gasteiger partial charge on any atom is 0.417 e. The van der Waals surface area contributed by atoms with Gasteiger partial charge < -0.3 is 5.11 Å². The third kappa shape index (κ3) is 5.40. The molecular formula is C19H15F4NO4S. The Kier molecular flexibility index (Phi) is 6.15. The predicted octanol–water partition coefficient (Wildman–Crippen LogP) is 3.05. The van der Waals surface area contributed by atoms with Crippen molar-refractivity contribution in [1.82, 2.24) is 0 Å². The highest BCUT2D eigenvalue weighted by Gasteiger charge is 2.37. The highest BCUT2D eigenvalue weighted by atomic mass is 32.2. The van der Waals surface area contributed by atoms with Crippen molar-refractivity contribution in [2.24, 2.45) is 0 Å². The predicted molar refractivity (Wildman–Crippen MR) is 93.9 cm³/mol. The molecule has 0 radical (unpaired) electrons. The lowest BCUT2D eigenvalue weighted by molar-refractivity contribution is -0.138. The van der Waals surface area contributed by atoms with Crippen LogP contribution in [0.4, 0.5) is 17.6 Å². The summed E-state index contributed by atoms with van der Waals surface area (Å²) in [4.78, 5) is 12.1. The highest BCUT2D eigenvalue weighted by molar-refractivity contribution is 7.91. The molecule has 0 amide bonds. The summed E-state index contributed by atoms with van der Waals surface area (Å²) in [6, 6.07) is 7.79. The van der Waals surface area contributed by atoms with Crippen LogP contribution in [0.5, 0.6) is 0 Å². The Morgan fingerprint density at radius 2 is 1.72 bits per heavy atom. The lowest BCUT2D eigenvalue weighted by atomic mass is 9.94. The van der Waals surface area contributed by atoms with Crippen molar-refractivity contribution in [2.75, 3.05) is 5.75 Å². The van der Waals surface area contributed by atoms with Crippen LogP contribution >= 0.6 is 0 Å². The van der Waals surface area contributed by atoms with Crippen LogP contribution in [0.3, 0.4) is 0 Å². The molecule has 0 bridgehead atoms. The van der Waals surface area contributed by atoms with E-state index in [1.54, 1.807) is 0 Å². The smallest absolute Gasteiger partial charge is 0.381 e. The number of ketones is 1. The van der Waals surface area contributed by atoms with Crippen molar-refractivity contribution >= 4 is 15.6 Å². The molecule has 2 rings (SSSR count). The number of halogens is 4. The molecule has 1 atom stereocenters. The molecule has 2 aromatic carbocycles. The second-order valence-electron chi connectivity index (χ2n) is 6.58. The molecule has 0 heterocycles. The first-order chi connectivity index (χ1) is 13.3. The first kappa shape index (κ1) is 22.5. The van der Waals surface area contributed by atoms with Crippen LogP contribution in [0.25, 0.3) is 0 Å². The third-order valence-corrected chi connectivity index (χ3v) is 6.05. The van der Waals surface area contributed by atoms with Gasteiger partial charge in [0.2, 0.25) is 0 Å². The Balaban J connectivity index is 2.25. The van der Waals surface area contributed by atoms with Gasteiger partial charge in [0, 0.05) is 6.42 Å². The van der Waals surface area contributed by atoms with Gasteiger partial charge in [0.05, 0.1) is 27.8 Å². The normalized spacial score (nSPS) is 14.1. The largest absolute Gasteiger partial charge is 0.417 e. The molecule has 5 nitrogen and oxygen atoms in total. The fourth-order valence-corrected chi connectivity index (χ4v) is 4.20. The van der Waals surface area contributed by atoms with Gasteiger partial charge in [-0.2, -0.15) is 18.4 Å². The van der Waals surface area contributed by atoms with Gasteiger partial charge in [-0.25, -0.2) is 12.8 Å². The number of nitriles is 1. The summed E-state index contributed by atoms with van der Waals surface area (Å²) in [5.74, 6) is -2.73. The number of aliphatic hydroxyl groups is 1. The van der Waals surface area contributed by atoms with Crippen molar-refractivity contribution in [3.05, 3.63) is 65.0 Å². The van der Waals surface area contributed by atoms with Crippen LogP contribution in [0.15, 0.2) is 47.4 Å². The van der Waals surface area contributed by atoms with E-state index in [1.165, 1.54) is 6.07 Å².